The number of aromatic nitrogens is 1. The molecule has 3 rings (SSSR count). The molecule has 2 aliphatic rings. The molecule has 1 saturated carbocycles. The molecule has 2 fully saturated rings. The Hall–Kier alpha value is -1.78. The van der Waals surface area contributed by atoms with E-state index in [1.165, 1.54) is 6.42 Å². The Morgan fingerprint density at radius 1 is 1.20 bits per heavy atom. The maximum atomic E-state index is 12.3. The smallest absolute Gasteiger partial charge is 0.337 e. The van der Waals surface area contributed by atoms with Crippen LogP contribution in [-0.4, -0.2) is 39.5 Å². The van der Waals surface area contributed by atoms with E-state index in [-0.39, 0.29) is 12.5 Å². The lowest BCUT2D eigenvalue weighted by Crippen LogP contribution is -2.37. The number of carboxylic acids is 1. The van der Waals surface area contributed by atoms with Gasteiger partial charge in [0.25, 0.3) is 0 Å². The lowest BCUT2D eigenvalue weighted by Gasteiger charge is -2.27. The van der Waals surface area contributed by atoms with Gasteiger partial charge in [0, 0.05) is 30.9 Å². The van der Waals surface area contributed by atoms with Crippen LogP contribution in [-0.2, 0) is 11.3 Å². The van der Waals surface area contributed by atoms with E-state index in [2.05, 4.69) is 0 Å². The number of amides is 1. The molecular formula is C15H20N2O3. The van der Waals surface area contributed by atoms with Crippen molar-refractivity contribution in [1.29, 1.82) is 0 Å². The van der Waals surface area contributed by atoms with E-state index in [0.29, 0.717) is 11.5 Å². The van der Waals surface area contributed by atoms with Crippen LogP contribution in [0.4, 0.5) is 0 Å². The van der Waals surface area contributed by atoms with Crippen LogP contribution in [0.1, 0.15) is 54.1 Å². The largest absolute Gasteiger partial charge is 0.478 e. The topological polar surface area (TPSA) is 62.5 Å². The van der Waals surface area contributed by atoms with Crippen molar-refractivity contribution in [3.05, 3.63) is 23.5 Å². The summed E-state index contributed by atoms with van der Waals surface area (Å²) in [4.78, 5) is 25.4. The molecule has 20 heavy (non-hydrogen) atoms. The third-order valence-electron chi connectivity index (χ3n) is 4.22. The van der Waals surface area contributed by atoms with E-state index < -0.39 is 5.97 Å². The fourth-order valence-electron chi connectivity index (χ4n) is 3.00. The Labute approximate surface area is 118 Å². The van der Waals surface area contributed by atoms with Crippen molar-refractivity contribution in [2.75, 3.05) is 13.1 Å². The molecule has 108 valence electrons. The van der Waals surface area contributed by atoms with Gasteiger partial charge in [0.15, 0.2) is 0 Å². The van der Waals surface area contributed by atoms with Crippen molar-refractivity contribution in [3.8, 4) is 0 Å². The van der Waals surface area contributed by atoms with Gasteiger partial charge < -0.3 is 14.6 Å². The van der Waals surface area contributed by atoms with Crippen molar-refractivity contribution in [3.63, 3.8) is 0 Å². The number of carbonyl (C=O) groups excluding carboxylic acids is 1. The first-order chi connectivity index (χ1) is 9.66. The molecule has 5 heteroatoms. The first-order valence-corrected chi connectivity index (χ1v) is 7.37. The van der Waals surface area contributed by atoms with E-state index in [1.807, 2.05) is 9.47 Å². The van der Waals surface area contributed by atoms with Gasteiger partial charge in [-0.1, -0.05) is 0 Å². The molecule has 0 spiro atoms. The molecule has 1 N–H and O–H groups in total. The standard InChI is InChI=1S/C15H20N2O3/c18-13(16-7-2-1-3-8-16)10-17-9-6-12(15(19)20)14(17)11-4-5-11/h6,9,11H,1-5,7-8,10H2,(H,19,20). The zero-order valence-corrected chi connectivity index (χ0v) is 11.5. The third kappa shape index (κ3) is 2.57. The quantitative estimate of drug-likeness (QED) is 0.915. The van der Waals surface area contributed by atoms with Gasteiger partial charge in [0.2, 0.25) is 5.91 Å². The molecular weight excluding hydrogens is 256 g/mol. The van der Waals surface area contributed by atoms with Gasteiger partial charge in [-0.25, -0.2) is 4.79 Å². The highest BCUT2D eigenvalue weighted by atomic mass is 16.4. The molecule has 5 nitrogen and oxygen atoms in total. The number of aromatic carboxylic acids is 1. The minimum atomic E-state index is -0.893. The predicted molar refractivity (Wildman–Crippen MR) is 73.8 cm³/mol. The second-order valence-corrected chi connectivity index (χ2v) is 5.76. The average molecular weight is 276 g/mol. The van der Waals surface area contributed by atoms with E-state index >= 15 is 0 Å². The molecule has 1 amide bonds. The Balaban J connectivity index is 1.76. The van der Waals surface area contributed by atoms with Crippen LogP contribution in [0.25, 0.3) is 0 Å². The molecule has 1 aromatic heterocycles. The SMILES string of the molecule is O=C(O)c1ccn(CC(=O)N2CCCCC2)c1C1CC1. The molecule has 1 aliphatic carbocycles. The van der Waals surface area contributed by atoms with Gasteiger partial charge in [-0.3, -0.25) is 4.79 Å². The lowest BCUT2D eigenvalue weighted by atomic mass is 10.1. The summed E-state index contributed by atoms with van der Waals surface area (Å²) in [6.45, 7) is 1.95. The molecule has 1 aromatic rings. The van der Waals surface area contributed by atoms with Crippen molar-refractivity contribution < 1.29 is 14.7 Å². The fourth-order valence-corrected chi connectivity index (χ4v) is 3.00. The van der Waals surface area contributed by atoms with Gasteiger partial charge in [-0.05, 0) is 38.2 Å². The Bertz CT molecular complexity index is 525. The van der Waals surface area contributed by atoms with E-state index in [4.69, 9.17) is 0 Å². The third-order valence-corrected chi connectivity index (χ3v) is 4.22. The van der Waals surface area contributed by atoms with Crippen molar-refractivity contribution in [2.24, 2.45) is 0 Å². The molecule has 0 unspecified atom stereocenters. The summed E-state index contributed by atoms with van der Waals surface area (Å²) in [5, 5.41) is 9.23. The summed E-state index contributed by atoms with van der Waals surface area (Å²) < 4.78 is 1.85. The van der Waals surface area contributed by atoms with Crippen LogP contribution in [0.2, 0.25) is 0 Å². The number of likely N-dealkylation sites (tertiary alicyclic amines) is 1. The van der Waals surface area contributed by atoms with Gasteiger partial charge in [-0.15, -0.1) is 0 Å². The number of nitrogens with zero attached hydrogens (tertiary/aromatic N) is 2. The first kappa shape index (κ1) is 13.2. The second-order valence-electron chi connectivity index (χ2n) is 5.76. The molecule has 0 bridgehead atoms. The highest BCUT2D eigenvalue weighted by molar-refractivity contribution is 5.89. The monoisotopic (exact) mass is 276 g/mol. The van der Waals surface area contributed by atoms with Crippen LogP contribution >= 0.6 is 0 Å². The van der Waals surface area contributed by atoms with Crippen LogP contribution in [0.15, 0.2) is 12.3 Å². The molecule has 1 saturated heterocycles. The van der Waals surface area contributed by atoms with Gasteiger partial charge in [-0.2, -0.15) is 0 Å². The summed E-state index contributed by atoms with van der Waals surface area (Å²) in [6.07, 6.45) is 7.16. The molecule has 1 aliphatic heterocycles. The fraction of sp³-hybridized carbons (Fsp3) is 0.600. The summed E-state index contributed by atoms with van der Waals surface area (Å²) >= 11 is 0. The zero-order chi connectivity index (χ0) is 14.1. The Morgan fingerprint density at radius 2 is 1.90 bits per heavy atom. The van der Waals surface area contributed by atoms with E-state index in [9.17, 15) is 14.7 Å². The summed E-state index contributed by atoms with van der Waals surface area (Å²) in [7, 11) is 0. The van der Waals surface area contributed by atoms with Crippen LogP contribution in [0, 0.1) is 0 Å². The number of hydrogen-bond donors (Lipinski definition) is 1. The van der Waals surface area contributed by atoms with Crippen LogP contribution < -0.4 is 0 Å². The number of piperidine rings is 1. The van der Waals surface area contributed by atoms with Crippen molar-refractivity contribution in [2.45, 2.75) is 44.6 Å². The van der Waals surface area contributed by atoms with Crippen LogP contribution in [0.3, 0.4) is 0 Å². The lowest BCUT2D eigenvalue weighted by molar-refractivity contribution is -0.132. The maximum absolute atomic E-state index is 12.3. The van der Waals surface area contributed by atoms with Gasteiger partial charge in [0.1, 0.15) is 6.54 Å². The van der Waals surface area contributed by atoms with Crippen molar-refractivity contribution in [1.82, 2.24) is 9.47 Å². The predicted octanol–water partition coefficient (Wildman–Crippen LogP) is 2.08. The van der Waals surface area contributed by atoms with Crippen LogP contribution in [0.5, 0.6) is 0 Å². The average Bonchev–Trinajstić information content (AvgIpc) is 3.20. The minimum absolute atomic E-state index is 0.110. The van der Waals surface area contributed by atoms with Gasteiger partial charge in [0.05, 0.1) is 5.56 Å². The zero-order valence-electron chi connectivity index (χ0n) is 11.5. The molecule has 0 atom stereocenters. The minimum Gasteiger partial charge on any atom is -0.478 e. The first-order valence-electron chi connectivity index (χ1n) is 7.37. The van der Waals surface area contributed by atoms with Crippen molar-refractivity contribution >= 4 is 11.9 Å². The number of rotatable bonds is 4. The summed E-state index contributed by atoms with van der Waals surface area (Å²) in [5.74, 6) is -0.458. The number of carbonyl (C=O) groups is 2. The summed E-state index contributed by atoms with van der Waals surface area (Å²) in [5.41, 5.74) is 1.20. The molecule has 0 radical (unpaired) electrons. The number of hydrogen-bond acceptors (Lipinski definition) is 2. The van der Waals surface area contributed by atoms with E-state index in [1.54, 1.807) is 12.3 Å². The van der Waals surface area contributed by atoms with Gasteiger partial charge >= 0.3 is 5.97 Å². The maximum Gasteiger partial charge on any atom is 0.337 e. The highest BCUT2D eigenvalue weighted by Gasteiger charge is 2.32. The second kappa shape index (κ2) is 5.31. The molecule has 0 aromatic carbocycles. The Morgan fingerprint density at radius 3 is 2.50 bits per heavy atom. The number of carboxylic acid groups (broad SMARTS) is 1. The summed E-state index contributed by atoms with van der Waals surface area (Å²) in [6, 6.07) is 1.62. The highest BCUT2D eigenvalue weighted by Crippen LogP contribution is 2.42. The van der Waals surface area contributed by atoms with E-state index in [0.717, 1.165) is 44.5 Å². The normalized spacial score (nSPS) is 19.1. The Kier molecular flexibility index (Phi) is 3.51. The molecule has 2 heterocycles.